The first-order chi connectivity index (χ1) is 16.8. The molecule has 0 spiro atoms. The minimum Gasteiger partial charge on any atom is -0.479 e. The predicted octanol–water partition coefficient (Wildman–Crippen LogP) is 4.54. The molecule has 5 rings (SSSR count). The lowest BCUT2D eigenvalue weighted by molar-refractivity contribution is -0.122. The van der Waals surface area contributed by atoms with E-state index in [2.05, 4.69) is 15.6 Å². The molecule has 3 heterocycles. The van der Waals surface area contributed by atoms with Gasteiger partial charge < -0.3 is 20.3 Å². The van der Waals surface area contributed by atoms with Crippen LogP contribution in [0.1, 0.15) is 57.2 Å². The van der Waals surface area contributed by atoms with Crippen LogP contribution < -0.4 is 15.4 Å². The Kier molecular flexibility index (Phi) is 5.98. The summed E-state index contributed by atoms with van der Waals surface area (Å²) in [6.45, 7) is 4.00. The summed E-state index contributed by atoms with van der Waals surface area (Å²) in [7, 11) is 0. The number of fused-ring (bicyclic) bond motifs is 1. The van der Waals surface area contributed by atoms with Crippen LogP contribution in [0.2, 0.25) is 0 Å². The van der Waals surface area contributed by atoms with Crippen LogP contribution in [-0.4, -0.2) is 40.3 Å². The molecule has 2 N–H and O–H groups in total. The Morgan fingerprint density at radius 1 is 1.26 bits per heavy atom. The van der Waals surface area contributed by atoms with Crippen molar-refractivity contribution in [1.82, 2.24) is 9.88 Å². The molecule has 0 bridgehead atoms. The molecule has 8 nitrogen and oxygen atoms in total. The van der Waals surface area contributed by atoms with Crippen molar-refractivity contribution in [3.8, 4) is 5.75 Å². The number of ether oxygens (including phenoxy) is 1. The number of anilines is 2. The molecule has 1 fully saturated rings. The van der Waals surface area contributed by atoms with E-state index in [0.717, 1.165) is 18.4 Å². The van der Waals surface area contributed by atoms with Gasteiger partial charge in [-0.15, -0.1) is 11.3 Å². The standard InChI is InChI=1S/C25H23FN4O4S/c1-13-5-7-16(26)11-17(13)27-23(32)19-12-35-24(29-19)20-4-3-9-30(20)25(33)15-6-8-21-18(10-15)28-22(31)14(2)34-21/h5-8,10-12,14,20H,3-4,9H2,1-2H3,(H,27,32)(H,28,31)/t14?,20-/m1/s1. The van der Waals surface area contributed by atoms with Crippen molar-refractivity contribution in [3.63, 3.8) is 0 Å². The van der Waals surface area contributed by atoms with Crippen LogP contribution >= 0.6 is 11.3 Å². The molecule has 180 valence electrons. The van der Waals surface area contributed by atoms with E-state index in [1.54, 1.807) is 48.4 Å². The zero-order chi connectivity index (χ0) is 24.7. The minimum absolute atomic E-state index is 0.181. The predicted molar refractivity (Wildman–Crippen MR) is 129 cm³/mol. The molecule has 10 heteroatoms. The largest absolute Gasteiger partial charge is 0.479 e. The molecule has 0 radical (unpaired) electrons. The van der Waals surface area contributed by atoms with Crippen LogP contribution in [0, 0.1) is 12.7 Å². The van der Waals surface area contributed by atoms with Crippen molar-refractivity contribution in [3.05, 3.63) is 69.4 Å². The van der Waals surface area contributed by atoms with Gasteiger partial charge in [0.25, 0.3) is 17.7 Å². The van der Waals surface area contributed by atoms with Gasteiger partial charge in [0.15, 0.2) is 6.10 Å². The minimum atomic E-state index is -0.590. The highest BCUT2D eigenvalue weighted by Gasteiger charge is 2.34. The molecule has 3 aromatic rings. The Balaban J connectivity index is 1.33. The monoisotopic (exact) mass is 494 g/mol. The highest BCUT2D eigenvalue weighted by atomic mass is 32.1. The number of hydrogen-bond donors (Lipinski definition) is 2. The third-order valence-corrected chi connectivity index (χ3v) is 7.10. The van der Waals surface area contributed by atoms with E-state index >= 15 is 0 Å². The van der Waals surface area contributed by atoms with Crippen LogP contribution in [0.5, 0.6) is 5.75 Å². The second-order valence-corrected chi connectivity index (χ2v) is 9.49. The summed E-state index contributed by atoms with van der Waals surface area (Å²) >= 11 is 1.32. The van der Waals surface area contributed by atoms with Crippen molar-refractivity contribution >= 4 is 40.4 Å². The molecule has 0 aliphatic carbocycles. The van der Waals surface area contributed by atoms with Crippen molar-refractivity contribution < 1.29 is 23.5 Å². The molecule has 2 atom stereocenters. The maximum atomic E-state index is 13.6. The molecule has 3 amide bonds. The summed E-state index contributed by atoms with van der Waals surface area (Å²) in [6, 6.07) is 8.93. The first-order valence-corrected chi connectivity index (χ1v) is 12.1. The Labute approximate surface area is 205 Å². The molecule has 1 saturated heterocycles. The Morgan fingerprint density at radius 2 is 2.09 bits per heavy atom. The van der Waals surface area contributed by atoms with Gasteiger partial charge in [-0.2, -0.15) is 0 Å². The number of amides is 3. The molecule has 35 heavy (non-hydrogen) atoms. The van der Waals surface area contributed by atoms with E-state index in [4.69, 9.17) is 4.74 Å². The van der Waals surface area contributed by atoms with Crippen molar-refractivity contribution in [2.24, 2.45) is 0 Å². The average molecular weight is 495 g/mol. The first kappa shape index (κ1) is 23.0. The fourth-order valence-corrected chi connectivity index (χ4v) is 5.18. The lowest BCUT2D eigenvalue weighted by Crippen LogP contribution is -2.35. The number of nitrogens with zero attached hydrogens (tertiary/aromatic N) is 2. The van der Waals surface area contributed by atoms with E-state index in [0.29, 0.717) is 34.2 Å². The van der Waals surface area contributed by atoms with Gasteiger partial charge in [-0.25, -0.2) is 9.37 Å². The first-order valence-electron chi connectivity index (χ1n) is 11.3. The van der Waals surface area contributed by atoms with Gasteiger partial charge in [-0.05, 0) is 62.6 Å². The summed E-state index contributed by atoms with van der Waals surface area (Å²) in [5.41, 5.74) is 2.25. The Hall–Kier alpha value is -3.79. The fourth-order valence-electron chi connectivity index (χ4n) is 4.23. The summed E-state index contributed by atoms with van der Waals surface area (Å²) in [5.74, 6) is -0.789. The number of nitrogens with one attached hydrogen (secondary N) is 2. The topological polar surface area (TPSA) is 101 Å². The number of thiazole rings is 1. The molecule has 1 unspecified atom stereocenters. The zero-order valence-corrected chi connectivity index (χ0v) is 19.9. The van der Waals surface area contributed by atoms with Gasteiger partial charge in [0.2, 0.25) is 0 Å². The van der Waals surface area contributed by atoms with Crippen LogP contribution in [0.3, 0.4) is 0 Å². The smallest absolute Gasteiger partial charge is 0.275 e. The number of halogens is 1. The normalized spacial score (nSPS) is 19.1. The summed E-state index contributed by atoms with van der Waals surface area (Å²) < 4.78 is 19.1. The number of carbonyl (C=O) groups excluding carboxylic acids is 3. The maximum absolute atomic E-state index is 13.6. The third kappa shape index (κ3) is 4.49. The van der Waals surface area contributed by atoms with E-state index in [1.807, 2.05) is 0 Å². The third-order valence-electron chi connectivity index (χ3n) is 6.16. The van der Waals surface area contributed by atoms with Gasteiger partial charge in [-0.3, -0.25) is 14.4 Å². The summed E-state index contributed by atoms with van der Waals surface area (Å²) in [4.78, 5) is 44.3. The van der Waals surface area contributed by atoms with Gasteiger partial charge in [0.1, 0.15) is 22.3 Å². The van der Waals surface area contributed by atoms with E-state index in [9.17, 15) is 18.8 Å². The van der Waals surface area contributed by atoms with Crippen LogP contribution in [0.4, 0.5) is 15.8 Å². The summed E-state index contributed by atoms with van der Waals surface area (Å²) in [5, 5.41) is 7.79. The number of aryl methyl sites for hydroxylation is 1. The second kappa shape index (κ2) is 9.10. The number of likely N-dealkylation sites (tertiary alicyclic amines) is 1. The number of benzene rings is 2. The molecular weight excluding hydrogens is 471 g/mol. The van der Waals surface area contributed by atoms with Crippen molar-refractivity contribution in [1.29, 1.82) is 0 Å². The number of rotatable bonds is 4. The maximum Gasteiger partial charge on any atom is 0.275 e. The number of hydrogen-bond acceptors (Lipinski definition) is 6. The van der Waals surface area contributed by atoms with E-state index in [-0.39, 0.29) is 23.6 Å². The quantitative estimate of drug-likeness (QED) is 0.555. The van der Waals surface area contributed by atoms with E-state index < -0.39 is 17.8 Å². The van der Waals surface area contributed by atoms with Gasteiger partial charge in [0.05, 0.1) is 11.7 Å². The van der Waals surface area contributed by atoms with Crippen molar-refractivity contribution in [2.45, 2.75) is 38.8 Å². The second-order valence-electron chi connectivity index (χ2n) is 8.60. The SMILES string of the molecule is Cc1ccc(F)cc1NC(=O)c1csc([C@H]2CCCN2C(=O)c2ccc3c(c2)NC(=O)C(C)O3)n1. The molecule has 2 aliphatic heterocycles. The van der Waals surface area contributed by atoms with E-state index in [1.165, 1.54) is 23.5 Å². The number of aromatic nitrogens is 1. The van der Waals surface area contributed by atoms with Crippen molar-refractivity contribution in [2.75, 3.05) is 17.2 Å². The molecule has 2 aliphatic rings. The zero-order valence-electron chi connectivity index (χ0n) is 19.1. The highest BCUT2D eigenvalue weighted by molar-refractivity contribution is 7.10. The fraction of sp³-hybridized carbons (Fsp3) is 0.280. The lowest BCUT2D eigenvalue weighted by atomic mass is 10.1. The summed E-state index contributed by atoms with van der Waals surface area (Å²) in [6.07, 6.45) is 0.946. The average Bonchev–Trinajstić information content (AvgIpc) is 3.51. The van der Waals surface area contributed by atoms with Crippen LogP contribution in [-0.2, 0) is 4.79 Å². The van der Waals surface area contributed by atoms with Gasteiger partial charge >= 0.3 is 0 Å². The molecule has 0 saturated carbocycles. The van der Waals surface area contributed by atoms with Gasteiger partial charge in [0, 0.05) is 23.2 Å². The Bertz CT molecular complexity index is 1340. The highest BCUT2D eigenvalue weighted by Crippen LogP contribution is 2.37. The van der Waals surface area contributed by atoms with Crippen LogP contribution in [0.25, 0.3) is 0 Å². The molecule has 1 aromatic heterocycles. The molecular formula is C25H23FN4O4S. The number of carbonyl (C=O) groups is 3. The molecule has 2 aromatic carbocycles. The Morgan fingerprint density at radius 3 is 2.91 bits per heavy atom. The van der Waals surface area contributed by atoms with Gasteiger partial charge in [-0.1, -0.05) is 6.07 Å². The van der Waals surface area contributed by atoms with Crippen LogP contribution in [0.15, 0.2) is 41.8 Å². The lowest BCUT2D eigenvalue weighted by Gasteiger charge is -2.26.